The van der Waals surface area contributed by atoms with Crippen LogP contribution in [0.3, 0.4) is 0 Å². The standard InChI is InChI=1S/C14H22N2O2/c1-9-8-12(18-5)10(2)11(3)14(9)16(4)13(17)6-7-15/h8H,6-7,15H2,1-5H3. The molecule has 0 atom stereocenters. The Balaban J connectivity index is 3.25. The van der Waals surface area contributed by atoms with Crippen LogP contribution in [0.15, 0.2) is 6.07 Å². The van der Waals surface area contributed by atoms with Gasteiger partial charge < -0.3 is 15.4 Å². The third-order valence-electron chi connectivity index (χ3n) is 3.30. The fourth-order valence-corrected chi connectivity index (χ4v) is 2.18. The monoisotopic (exact) mass is 250 g/mol. The summed E-state index contributed by atoms with van der Waals surface area (Å²) in [5, 5.41) is 0. The average molecular weight is 250 g/mol. The van der Waals surface area contributed by atoms with Gasteiger partial charge in [-0.1, -0.05) is 0 Å². The molecule has 0 heterocycles. The molecule has 0 fully saturated rings. The zero-order valence-electron chi connectivity index (χ0n) is 11.8. The van der Waals surface area contributed by atoms with E-state index in [1.165, 1.54) is 0 Å². The zero-order valence-corrected chi connectivity index (χ0v) is 11.8. The lowest BCUT2D eigenvalue weighted by molar-refractivity contribution is -0.118. The number of benzene rings is 1. The maximum Gasteiger partial charge on any atom is 0.228 e. The molecule has 0 saturated heterocycles. The average Bonchev–Trinajstić information content (AvgIpc) is 2.34. The number of nitrogens with zero attached hydrogens (tertiary/aromatic N) is 1. The van der Waals surface area contributed by atoms with Crippen LogP contribution in [-0.4, -0.2) is 26.6 Å². The number of anilines is 1. The summed E-state index contributed by atoms with van der Waals surface area (Å²) >= 11 is 0. The van der Waals surface area contributed by atoms with Crippen molar-refractivity contribution >= 4 is 11.6 Å². The van der Waals surface area contributed by atoms with Gasteiger partial charge in [0.1, 0.15) is 5.75 Å². The highest BCUT2D eigenvalue weighted by atomic mass is 16.5. The van der Waals surface area contributed by atoms with E-state index in [-0.39, 0.29) is 5.91 Å². The van der Waals surface area contributed by atoms with E-state index < -0.39 is 0 Å². The van der Waals surface area contributed by atoms with Gasteiger partial charge in [-0.05, 0) is 43.5 Å². The summed E-state index contributed by atoms with van der Waals surface area (Å²) in [6.07, 6.45) is 0.362. The van der Waals surface area contributed by atoms with Gasteiger partial charge >= 0.3 is 0 Å². The Bertz CT molecular complexity index is 456. The Labute approximate surface area is 109 Å². The molecule has 1 amide bonds. The second kappa shape index (κ2) is 5.87. The van der Waals surface area contributed by atoms with Gasteiger partial charge in [0.15, 0.2) is 0 Å². The van der Waals surface area contributed by atoms with Crippen LogP contribution in [0.2, 0.25) is 0 Å². The Morgan fingerprint density at radius 1 is 1.33 bits per heavy atom. The first-order valence-corrected chi connectivity index (χ1v) is 6.05. The van der Waals surface area contributed by atoms with E-state index in [0.717, 1.165) is 28.1 Å². The van der Waals surface area contributed by atoms with Gasteiger partial charge in [-0.2, -0.15) is 0 Å². The molecule has 1 aromatic rings. The van der Waals surface area contributed by atoms with Crippen molar-refractivity contribution in [3.8, 4) is 5.75 Å². The van der Waals surface area contributed by atoms with Crippen LogP contribution in [-0.2, 0) is 4.79 Å². The summed E-state index contributed by atoms with van der Waals surface area (Å²) in [4.78, 5) is 13.6. The quantitative estimate of drug-likeness (QED) is 0.888. The molecule has 0 aromatic heterocycles. The molecule has 0 radical (unpaired) electrons. The van der Waals surface area contributed by atoms with Gasteiger partial charge in [0.25, 0.3) is 0 Å². The van der Waals surface area contributed by atoms with Crippen molar-refractivity contribution in [1.29, 1.82) is 0 Å². The molecule has 0 spiro atoms. The van der Waals surface area contributed by atoms with Gasteiger partial charge in [0, 0.05) is 25.7 Å². The number of methoxy groups -OCH3 is 1. The molecule has 1 aromatic carbocycles. The molecule has 4 heteroatoms. The van der Waals surface area contributed by atoms with Gasteiger partial charge in [-0.3, -0.25) is 4.79 Å². The number of amides is 1. The van der Waals surface area contributed by atoms with Crippen molar-refractivity contribution < 1.29 is 9.53 Å². The summed E-state index contributed by atoms with van der Waals surface area (Å²) in [5.41, 5.74) is 9.54. The number of carbonyl (C=O) groups is 1. The van der Waals surface area contributed by atoms with Crippen LogP contribution >= 0.6 is 0 Å². The van der Waals surface area contributed by atoms with Gasteiger partial charge in [-0.25, -0.2) is 0 Å². The minimum Gasteiger partial charge on any atom is -0.496 e. The lowest BCUT2D eigenvalue weighted by Gasteiger charge is -2.24. The van der Waals surface area contributed by atoms with E-state index in [1.54, 1.807) is 19.1 Å². The molecule has 1 rings (SSSR count). The fraction of sp³-hybridized carbons (Fsp3) is 0.500. The molecular weight excluding hydrogens is 228 g/mol. The van der Waals surface area contributed by atoms with E-state index >= 15 is 0 Å². The number of rotatable bonds is 4. The second-order valence-corrected chi connectivity index (χ2v) is 4.49. The predicted octanol–water partition coefficient (Wildman–Crippen LogP) is 1.93. The molecule has 0 unspecified atom stereocenters. The number of hydrogen-bond donors (Lipinski definition) is 1. The van der Waals surface area contributed by atoms with E-state index in [9.17, 15) is 4.79 Å². The normalized spacial score (nSPS) is 10.3. The molecular formula is C14H22N2O2. The van der Waals surface area contributed by atoms with Crippen LogP contribution in [0, 0.1) is 20.8 Å². The first-order chi connectivity index (χ1) is 8.43. The highest BCUT2D eigenvalue weighted by Crippen LogP contribution is 2.33. The number of nitrogens with two attached hydrogens (primary N) is 1. The summed E-state index contributed by atoms with van der Waals surface area (Å²) in [7, 11) is 3.45. The van der Waals surface area contributed by atoms with Crippen molar-refractivity contribution in [3.63, 3.8) is 0 Å². The molecule has 100 valence electrons. The Morgan fingerprint density at radius 3 is 2.44 bits per heavy atom. The van der Waals surface area contributed by atoms with E-state index in [0.29, 0.717) is 13.0 Å². The molecule has 0 bridgehead atoms. The van der Waals surface area contributed by atoms with Gasteiger partial charge in [0.2, 0.25) is 5.91 Å². The molecule has 0 aliphatic heterocycles. The number of ether oxygens (including phenoxy) is 1. The summed E-state index contributed by atoms with van der Waals surface area (Å²) in [6.45, 7) is 6.36. The maximum atomic E-state index is 11.9. The number of aryl methyl sites for hydroxylation is 1. The number of carbonyl (C=O) groups excluding carboxylic acids is 1. The molecule has 2 N–H and O–H groups in total. The molecule has 0 aliphatic carbocycles. The lowest BCUT2D eigenvalue weighted by atomic mass is 10.0. The van der Waals surface area contributed by atoms with E-state index in [2.05, 4.69) is 0 Å². The largest absolute Gasteiger partial charge is 0.496 e. The topological polar surface area (TPSA) is 55.6 Å². The van der Waals surface area contributed by atoms with Gasteiger partial charge in [-0.15, -0.1) is 0 Å². The number of hydrogen-bond acceptors (Lipinski definition) is 3. The molecule has 4 nitrogen and oxygen atoms in total. The van der Waals surface area contributed by atoms with Crippen molar-refractivity contribution in [2.45, 2.75) is 27.2 Å². The zero-order chi connectivity index (χ0) is 13.9. The van der Waals surface area contributed by atoms with Crippen LogP contribution in [0.5, 0.6) is 5.75 Å². The van der Waals surface area contributed by atoms with Crippen LogP contribution in [0.1, 0.15) is 23.1 Å². The first kappa shape index (κ1) is 14.5. The minimum atomic E-state index is 0.0354. The third kappa shape index (κ3) is 2.64. The highest BCUT2D eigenvalue weighted by Gasteiger charge is 2.18. The van der Waals surface area contributed by atoms with Crippen molar-refractivity contribution in [2.24, 2.45) is 5.73 Å². The SMILES string of the molecule is COc1cc(C)c(N(C)C(=O)CCN)c(C)c1C. The Kier molecular flexibility index (Phi) is 4.73. The maximum absolute atomic E-state index is 11.9. The second-order valence-electron chi connectivity index (χ2n) is 4.49. The van der Waals surface area contributed by atoms with Crippen LogP contribution in [0.4, 0.5) is 5.69 Å². The van der Waals surface area contributed by atoms with Crippen molar-refractivity contribution in [2.75, 3.05) is 25.6 Å². The Morgan fingerprint density at radius 2 is 1.94 bits per heavy atom. The van der Waals surface area contributed by atoms with Crippen LogP contribution < -0.4 is 15.4 Å². The first-order valence-electron chi connectivity index (χ1n) is 6.05. The predicted molar refractivity (Wildman–Crippen MR) is 74.3 cm³/mol. The summed E-state index contributed by atoms with van der Waals surface area (Å²) < 4.78 is 5.33. The fourth-order valence-electron chi connectivity index (χ4n) is 2.18. The molecule has 18 heavy (non-hydrogen) atoms. The Hall–Kier alpha value is -1.55. The highest BCUT2D eigenvalue weighted by molar-refractivity contribution is 5.95. The summed E-state index contributed by atoms with van der Waals surface area (Å²) in [6, 6.07) is 1.96. The lowest BCUT2D eigenvalue weighted by Crippen LogP contribution is -2.29. The molecule has 0 aliphatic rings. The van der Waals surface area contributed by atoms with Crippen molar-refractivity contribution in [1.82, 2.24) is 0 Å². The van der Waals surface area contributed by atoms with E-state index in [1.807, 2.05) is 26.8 Å². The van der Waals surface area contributed by atoms with Crippen LogP contribution in [0.25, 0.3) is 0 Å². The summed E-state index contributed by atoms with van der Waals surface area (Å²) in [5.74, 6) is 0.890. The van der Waals surface area contributed by atoms with Crippen molar-refractivity contribution in [3.05, 3.63) is 22.8 Å². The smallest absolute Gasteiger partial charge is 0.228 e. The van der Waals surface area contributed by atoms with Gasteiger partial charge in [0.05, 0.1) is 7.11 Å². The minimum absolute atomic E-state index is 0.0354. The van der Waals surface area contributed by atoms with E-state index in [4.69, 9.17) is 10.5 Å². The molecule has 0 saturated carbocycles. The third-order valence-corrected chi connectivity index (χ3v) is 3.30.